The third-order valence-electron chi connectivity index (χ3n) is 3.26. The van der Waals surface area contributed by atoms with Crippen molar-refractivity contribution >= 4 is 17.6 Å². The monoisotopic (exact) mass is 305 g/mol. The number of unbranched alkanes of at least 4 members (excludes halogenated alkanes) is 4. The highest BCUT2D eigenvalue weighted by atomic mass is 16.5. The zero-order valence-electron chi connectivity index (χ0n) is 13.6. The normalized spacial score (nSPS) is 10.1. The van der Waals surface area contributed by atoms with Crippen molar-refractivity contribution in [3.8, 4) is 0 Å². The first-order valence-corrected chi connectivity index (χ1v) is 8.04. The third-order valence-corrected chi connectivity index (χ3v) is 3.26. The summed E-state index contributed by atoms with van der Waals surface area (Å²) in [5, 5.41) is 13.5. The Bertz CT molecular complexity index is 457. The van der Waals surface area contributed by atoms with Crippen LogP contribution in [0.5, 0.6) is 0 Å². The average Bonchev–Trinajstić information content (AvgIpc) is 2.51. The molecule has 0 bridgehead atoms. The second kappa shape index (κ2) is 10.7. The predicted octanol–water partition coefficient (Wildman–Crippen LogP) is 4.14. The van der Waals surface area contributed by atoms with Crippen LogP contribution in [0.15, 0.2) is 24.3 Å². The summed E-state index contributed by atoms with van der Waals surface area (Å²) >= 11 is 0. The number of anilines is 1. The molecule has 0 unspecified atom stereocenters. The summed E-state index contributed by atoms with van der Waals surface area (Å²) < 4.78 is 5.07. The summed E-state index contributed by atoms with van der Waals surface area (Å²) in [6, 6.07) is 7.36. The van der Waals surface area contributed by atoms with E-state index in [2.05, 4.69) is 17.6 Å². The fourth-order valence-electron chi connectivity index (χ4n) is 2.04. The molecule has 0 aliphatic heterocycles. The van der Waals surface area contributed by atoms with Gasteiger partial charge < -0.3 is 10.1 Å². The molecule has 0 aromatic heterocycles. The van der Waals surface area contributed by atoms with Gasteiger partial charge in [0, 0.05) is 17.8 Å². The molecule has 1 rings (SSSR count). The highest BCUT2D eigenvalue weighted by Crippen LogP contribution is 2.09. The molecular weight excluding hydrogens is 278 g/mol. The van der Waals surface area contributed by atoms with Crippen molar-refractivity contribution in [2.75, 3.05) is 18.5 Å². The molecule has 0 spiro atoms. The Morgan fingerprint density at radius 3 is 2.41 bits per heavy atom. The van der Waals surface area contributed by atoms with Gasteiger partial charge in [-0.1, -0.05) is 32.6 Å². The van der Waals surface area contributed by atoms with Gasteiger partial charge >= 0.3 is 6.09 Å². The number of carbonyl (C=O) groups is 1. The minimum Gasteiger partial charge on any atom is -0.449 e. The van der Waals surface area contributed by atoms with Crippen molar-refractivity contribution in [3.63, 3.8) is 0 Å². The van der Waals surface area contributed by atoms with Crippen LogP contribution in [0, 0.1) is 5.41 Å². The van der Waals surface area contributed by atoms with Crippen molar-refractivity contribution in [2.45, 2.75) is 46.0 Å². The first-order chi connectivity index (χ1) is 10.7. The molecule has 1 aromatic rings. The van der Waals surface area contributed by atoms with Crippen LogP contribution in [0.25, 0.3) is 0 Å². The Hall–Kier alpha value is -2.04. The van der Waals surface area contributed by atoms with Gasteiger partial charge in [-0.2, -0.15) is 0 Å². The first-order valence-electron chi connectivity index (χ1n) is 8.04. The molecule has 1 amide bonds. The van der Waals surface area contributed by atoms with Gasteiger partial charge in [0.2, 0.25) is 0 Å². The fourth-order valence-corrected chi connectivity index (χ4v) is 2.04. The van der Waals surface area contributed by atoms with Gasteiger partial charge in [-0.15, -0.1) is 0 Å². The summed E-state index contributed by atoms with van der Waals surface area (Å²) in [6.07, 6.45) is 4.99. The highest BCUT2D eigenvalue weighted by molar-refractivity contribution is 6.04. The molecule has 0 heterocycles. The molecule has 22 heavy (non-hydrogen) atoms. The second-order valence-electron chi connectivity index (χ2n) is 5.16. The largest absolute Gasteiger partial charge is 0.449 e. The van der Waals surface area contributed by atoms with Crippen LogP contribution in [-0.2, 0) is 4.74 Å². The maximum atomic E-state index is 11.6. The van der Waals surface area contributed by atoms with E-state index in [9.17, 15) is 4.79 Å². The molecule has 5 heteroatoms. The summed E-state index contributed by atoms with van der Waals surface area (Å²) in [7, 11) is 0. The van der Waals surface area contributed by atoms with E-state index in [1.165, 1.54) is 19.3 Å². The van der Waals surface area contributed by atoms with E-state index in [1.807, 2.05) is 19.1 Å². The molecular formula is C17H27N3O2. The van der Waals surface area contributed by atoms with E-state index in [0.717, 1.165) is 25.1 Å². The Kier molecular flexibility index (Phi) is 8.72. The number of hydrogen-bond donors (Lipinski definition) is 3. The molecule has 1 aromatic carbocycles. The van der Waals surface area contributed by atoms with Crippen LogP contribution in [0.1, 0.15) is 51.5 Å². The Balaban J connectivity index is 2.27. The molecule has 0 aliphatic rings. The van der Waals surface area contributed by atoms with Crippen LogP contribution < -0.4 is 10.6 Å². The van der Waals surface area contributed by atoms with Gasteiger partial charge in [-0.25, -0.2) is 4.79 Å². The molecule has 0 aliphatic carbocycles. The summed E-state index contributed by atoms with van der Waals surface area (Å²) in [5.74, 6) is 0.0547. The van der Waals surface area contributed by atoms with Gasteiger partial charge in [0.15, 0.2) is 0 Å². The van der Waals surface area contributed by atoms with Gasteiger partial charge in [0.1, 0.15) is 5.84 Å². The van der Waals surface area contributed by atoms with E-state index in [1.54, 1.807) is 12.1 Å². The van der Waals surface area contributed by atoms with E-state index >= 15 is 0 Å². The fraction of sp³-hybridized carbons (Fsp3) is 0.529. The molecule has 122 valence electrons. The molecule has 0 saturated carbocycles. The third kappa shape index (κ3) is 7.11. The van der Waals surface area contributed by atoms with Crippen molar-refractivity contribution in [1.82, 2.24) is 5.32 Å². The maximum absolute atomic E-state index is 11.6. The van der Waals surface area contributed by atoms with Crippen molar-refractivity contribution in [2.24, 2.45) is 0 Å². The van der Waals surface area contributed by atoms with Crippen molar-refractivity contribution in [1.29, 1.82) is 5.41 Å². The molecule has 0 radical (unpaired) electrons. The van der Waals surface area contributed by atoms with Crippen LogP contribution in [-0.4, -0.2) is 25.1 Å². The standard InChI is InChI=1S/C17H27N3O2/c1-3-5-6-7-8-13-22-17(21)20-16(18)14-9-11-15(12-10-14)19-4-2/h9-12,19H,3-8,13H2,1-2H3,(H2,18,20,21). The molecule has 5 nitrogen and oxygen atoms in total. The molecule has 0 fully saturated rings. The van der Waals surface area contributed by atoms with E-state index in [-0.39, 0.29) is 5.84 Å². The summed E-state index contributed by atoms with van der Waals surface area (Å²) in [6.45, 7) is 5.44. The average molecular weight is 305 g/mol. The topological polar surface area (TPSA) is 74.2 Å². The number of ether oxygens (including phenoxy) is 1. The zero-order valence-corrected chi connectivity index (χ0v) is 13.6. The van der Waals surface area contributed by atoms with E-state index in [0.29, 0.717) is 12.2 Å². The quantitative estimate of drug-likeness (QED) is 0.364. The number of hydrogen-bond acceptors (Lipinski definition) is 4. The van der Waals surface area contributed by atoms with Crippen molar-refractivity contribution < 1.29 is 9.53 Å². The van der Waals surface area contributed by atoms with Gasteiger partial charge in [-0.3, -0.25) is 10.7 Å². The summed E-state index contributed by atoms with van der Waals surface area (Å²) in [4.78, 5) is 11.6. The van der Waals surface area contributed by atoms with Crippen LogP contribution in [0.2, 0.25) is 0 Å². The lowest BCUT2D eigenvalue weighted by Crippen LogP contribution is -2.31. The predicted molar refractivity (Wildman–Crippen MR) is 90.7 cm³/mol. The highest BCUT2D eigenvalue weighted by Gasteiger charge is 2.07. The van der Waals surface area contributed by atoms with Crippen molar-refractivity contribution in [3.05, 3.63) is 29.8 Å². The van der Waals surface area contributed by atoms with Gasteiger partial charge in [0.05, 0.1) is 6.61 Å². The Labute approximate surface area is 133 Å². The SMILES string of the molecule is CCCCCCCOC(=O)NC(=N)c1ccc(NCC)cc1. The second-order valence-corrected chi connectivity index (χ2v) is 5.16. The van der Waals surface area contributed by atoms with E-state index < -0.39 is 6.09 Å². The molecule has 0 atom stereocenters. The number of alkyl carbamates (subject to hydrolysis) is 1. The van der Waals surface area contributed by atoms with Gasteiger partial charge in [0.25, 0.3) is 0 Å². The number of amides is 1. The number of rotatable bonds is 9. The van der Waals surface area contributed by atoms with Crippen LogP contribution in [0.4, 0.5) is 10.5 Å². The minimum absolute atomic E-state index is 0.0547. The lowest BCUT2D eigenvalue weighted by Gasteiger charge is -2.09. The first kappa shape index (κ1) is 18.0. The number of amidine groups is 1. The van der Waals surface area contributed by atoms with Crippen LogP contribution in [0.3, 0.4) is 0 Å². The lowest BCUT2D eigenvalue weighted by atomic mass is 10.2. The van der Waals surface area contributed by atoms with Gasteiger partial charge in [-0.05, 0) is 37.6 Å². The maximum Gasteiger partial charge on any atom is 0.412 e. The van der Waals surface area contributed by atoms with Crippen LogP contribution >= 0.6 is 0 Å². The zero-order chi connectivity index (χ0) is 16.2. The van der Waals surface area contributed by atoms with E-state index in [4.69, 9.17) is 10.1 Å². The Morgan fingerprint density at radius 2 is 1.77 bits per heavy atom. The Morgan fingerprint density at radius 1 is 1.09 bits per heavy atom. The molecule has 0 saturated heterocycles. The number of carbonyl (C=O) groups excluding carboxylic acids is 1. The lowest BCUT2D eigenvalue weighted by molar-refractivity contribution is 0.149. The number of benzene rings is 1. The number of nitrogens with one attached hydrogen (secondary N) is 3. The summed E-state index contributed by atoms with van der Waals surface area (Å²) in [5.41, 5.74) is 1.65. The minimum atomic E-state index is -0.559. The molecule has 3 N–H and O–H groups in total. The smallest absolute Gasteiger partial charge is 0.412 e.